The van der Waals surface area contributed by atoms with Gasteiger partial charge in [-0.15, -0.1) is 0 Å². The number of hydrogen-bond donors (Lipinski definition) is 2. The number of nitrogens with zero attached hydrogens (tertiary/aromatic N) is 2. The standard InChI is InChI=1S/C23H20F2N4O2S/c1-12-4-9-17(11-18(12)25)29-14(3)20(22(30)26-19-10-13(2)31-28-19)21(27-23(29)32)15-5-7-16(24)8-6-15/h4-11,21H,1-3H3,(H,27,32)(H,26,28,30). The van der Waals surface area contributed by atoms with E-state index in [1.807, 2.05) is 0 Å². The zero-order valence-corrected chi connectivity index (χ0v) is 18.4. The molecule has 1 amide bonds. The molecule has 1 aliphatic heterocycles. The molecule has 6 nitrogen and oxygen atoms in total. The Morgan fingerprint density at radius 2 is 1.84 bits per heavy atom. The number of benzene rings is 2. The fourth-order valence-electron chi connectivity index (χ4n) is 3.58. The molecule has 1 atom stereocenters. The summed E-state index contributed by atoms with van der Waals surface area (Å²) < 4.78 is 32.8. The third-order valence-electron chi connectivity index (χ3n) is 5.22. The van der Waals surface area contributed by atoms with E-state index in [1.54, 1.807) is 56.0 Å². The molecular formula is C23H20F2N4O2S. The zero-order valence-electron chi connectivity index (χ0n) is 17.6. The van der Waals surface area contributed by atoms with E-state index in [9.17, 15) is 13.6 Å². The van der Waals surface area contributed by atoms with Crippen LogP contribution in [0.2, 0.25) is 0 Å². The molecule has 2 heterocycles. The Labute approximate surface area is 188 Å². The van der Waals surface area contributed by atoms with Crippen LogP contribution in [0, 0.1) is 25.5 Å². The maximum Gasteiger partial charge on any atom is 0.257 e. The molecule has 0 aliphatic carbocycles. The molecule has 0 spiro atoms. The normalized spacial score (nSPS) is 16.2. The first-order valence-electron chi connectivity index (χ1n) is 9.82. The van der Waals surface area contributed by atoms with Crippen LogP contribution in [0.4, 0.5) is 20.3 Å². The maximum atomic E-state index is 14.3. The lowest BCUT2D eigenvalue weighted by Crippen LogP contribution is -2.48. The summed E-state index contributed by atoms with van der Waals surface area (Å²) >= 11 is 5.56. The molecule has 0 bridgehead atoms. The first kappa shape index (κ1) is 21.6. The summed E-state index contributed by atoms with van der Waals surface area (Å²) in [5.74, 6) is -0.429. The van der Waals surface area contributed by atoms with Gasteiger partial charge in [0.15, 0.2) is 10.9 Å². The second kappa shape index (κ2) is 8.51. The van der Waals surface area contributed by atoms with E-state index >= 15 is 0 Å². The number of thiocarbonyl (C=S) groups is 1. The van der Waals surface area contributed by atoms with E-state index in [0.29, 0.717) is 33.8 Å². The Morgan fingerprint density at radius 3 is 2.47 bits per heavy atom. The van der Waals surface area contributed by atoms with Crippen molar-refractivity contribution in [3.63, 3.8) is 0 Å². The van der Waals surface area contributed by atoms with Gasteiger partial charge in [0.2, 0.25) is 0 Å². The van der Waals surface area contributed by atoms with Gasteiger partial charge in [0.05, 0.1) is 17.3 Å². The number of carbonyl (C=O) groups excluding carboxylic acids is 1. The molecule has 4 rings (SSSR count). The molecule has 0 radical (unpaired) electrons. The number of aryl methyl sites for hydroxylation is 2. The predicted octanol–water partition coefficient (Wildman–Crippen LogP) is 4.92. The van der Waals surface area contributed by atoms with E-state index in [1.165, 1.54) is 18.2 Å². The van der Waals surface area contributed by atoms with E-state index < -0.39 is 17.8 Å². The zero-order chi connectivity index (χ0) is 23.0. The monoisotopic (exact) mass is 454 g/mol. The Bertz CT molecular complexity index is 1240. The molecule has 2 aromatic carbocycles. The van der Waals surface area contributed by atoms with Crippen LogP contribution in [0.25, 0.3) is 0 Å². The van der Waals surface area contributed by atoms with Crippen LogP contribution in [0.15, 0.2) is 64.3 Å². The van der Waals surface area contributed by atoms with Crippen molar-refractivity contribution < 1.29 is 18.1 Å². The van der Waals surface area contributed by atoms with Gasteiger partial charge < -0.3 is 15.2 Å². The van der Waals surface area contributed by atoms with E-state index in [4.69, 9.17) is 16.7 Å². The highest BCUT2D eigenvalue weighted by Gasteiger charge is 2.35. The summed E-state index contributed by atoms with van der Waals surface area (Å²) in [6.07, 6.45) is 0. The Kier molecular flexibility index (Phi) is 5.75. The maximum absolute atomic E-state index is 14.3. The second-order valence-corrected chi connectivity index (χ2v) is 7.87. The number of rotatable bonds is 4. The topological polar surface area (TPSA) is 70.4 Å². The summed E-state index contributed by atoms with van der Waals surface area (Å²) in [5.41, 5.74) is 2.44. The second-order valence-electron chi connectivity index (χ2n) is 7.48. The SMILES string of the molecule is CC1=C(C(=O)Nc2cc(C)on2)C(c2ccc(F)cc2)NC(=S)N1c1ccc(C)c(F)c1. The van der Waals surface area contributed by atoms with Crippen LogP contribution < -0.4 is 15.5 Å². The van der Waals surface area contributed by atoms with Gasteiger partial charge >= 0.3 is 0 Å². The fraction of sp³-hybridized carbons (Fsp3) is 0.174. The van der Waals surface area contributed by atoms with Crippen molar-refractivity contribution in [1.82, 2.24) is 10.5 Å². The van der Waals surface area contributed by atoms with Gasteiger partial charge in [-0.2, -0.15) is 0 Å². The Hall–Kier alpha value is -3.59. The first-order valence-corrected chi connectivity index (χ1v) is 10.2. The molecule has 9 heteroatoms. The minimum Gasteiger partial charge on any atom is -0.360 e. The number of hydrogen-bond acceptors (Lipinski definition) is 4. The summed E-state index contributed by atoms with van der Waals surface area (Å²) in [6.45, 7) is 5.10. The number of anilines is 2. The predicted molar refractivity (Wildman–Crippen MR) is 121 cm³/mol. The molecule has 3 aromatic rings. The van der Waals surface area contributed by atoms with Gasteiger partial charge in [-0.1, -0.05) is 23.4 Å². The van der Waals surface area contributed by atoms with Crippen molar-refractivity contribution in [2.24, 2.45) is 0 Å². The fourth-order valence-corrected chi connectivity index (χ4v) is 3.94. The number of amides is 1. The smallest absolute Gasteiger partial charge is 0.257 e. The lowest BCUT2D eigenvalue weighted by molar-refractivity contribution is -0.113. The van der Waals surface area contributed by atoms with Crippen LogP contribution in [0.5, 0.6) is 0 Å². The number of allylic oxidation sites excluding steroid dienone is 1. The molecule has 0 saturated heterocycles. The molecule has 1 aromatic heterocycles. The summed E-state index contributed by atoms with van der Waals surface area (Å²) in [4.78, 5) is 14.9. The minimum atomic E-state index is -0.650. The van der Waals surface area contributed by atoms with Crippen molar-refractivity contribution in [2.75, 3.05) is 10.2 Å². The van der Waals surface area contributed by atoms with E-state index in [-0.39, 0.29) is 16.7 Å². The number of carbonyl (C=O) groups is 1. The van der Waals surface area contributed by atoms with Crippen LogP contribution >= 0.6 is 12.2 Å². The lowest BCUT2D eigenvalue weighted by atomic mass is 9.94. The van der Waals surface area contributed by atoms with Gasteiger partial charge in [0.1, 0.15) is 17.4 Å². The minimum absolute atomic E-state index is 0.256. The molecule has 1 unspecified atom stereocenters. The van der Waals surface area contributed by atoms with Crippen molar-refractivity contribution >= 4 is 34.7 Å². The number of nitrogens with one attached hydrogen (secondary N) is 2. The highest BCUT2D eigenvalue weighted by molar-refractivity contribution is 7.80. The number of aromatic nitrogens is 1. The molecule has 2 N–H and O–H groups in total. The van der Waals surface area contributed by atoms with Crippen LogP contribution in [-0.2, 0) is 4.79 Å². The average molecular weight is 455 g/mol. The van der Waals surface area contributed by atoms with Gasteiger partial charge in [0, 0.05) is 11.8 Å². The Morgan fingerprint density at radius 1 is 1.12 bits per heavy atom. The summed E-state index contributed by atoms with van der Waals surface area (Å²) in [6, 6.07) is 11.5. The average Bonchev–Trinajstić information content (AvgIpc) is 3.15. The van der Waals surface area contributed by atoms with Crippen molar-refractivity contribution in [3.05, 3.63) is 88.3 Å². The lowest BCUT2D eigenvalue weighted by Gasteiger charge is -2.38. The molecule has 0 saturated carbocycles. The quantitative estimate of drug-likeness (QED) is 0.546. The number of halogens is 2. The van der Waals surface area contributed by atoms with Crippen molar-refractivity contribution in [2.45, 2.75) is 26.8 Å². The van der Waals surface area contributed by atoms with Gasteiger partial charge in [-0.3, -0.25) is 9.69 Å². The van der Waals surface area contributed by atoms with E-state index in [2.05, 4.69) is 15.8 Å². The van der Waals surface area contributed by atoms with Crippen molar-refractivity contribution in [1.29, 1.82) is 0 Å². The van der Waals surface area contributed by atoms with Crippen molar-refractivity contribution in [3.8, 4) is 0 Å². The van der Waals surface area contributed by atoms with Gasteiger partial charge in [-0.05, 0) is 68.4 Å². The molecule has 32 heavy (non-hydrogen) atoms. The van der Waals surface area contributed by atoms with Gasteiger partial charge in [0.25, 0.3) is 5.91 Å². The molecular weight excluding hydrogens is 434 g/mol. The van der Waals surface area contributed by atoms with Gasteiger partial charge in [-0.25, -0.2) is 8.78 Å². The molecule has 1 aliphatic rings. The first-order chi connectivity index (χ1) is 15.2. The van der Waals surface area contributed by atoms with E-state index in [0.717, 1.165) is 0 Å². The largest absolute Gasteiger partial charge is 0.360 e. The Balaban J connectivity index is 1.81. The third-order valence-corrected chi connectivity index (χ3v) is 5.52. The highest BCUT2D eigenvalue weighted by atomic mass is 32.1. The highest BCUT2D eigenvalue weighted by Crippen LogP contribution is 2.34. The van der Waals surface area contributed by atoms with Crippen LogP contribution in [0.1, 0.15) is 29.9 Å². The summed E-state index contributed by atoms with van der Waals surface area (Å²) in [7, 11) is 0. The summed E-state index contributed by atoms with van der Waals surface area (Å²) in [5, 5.41) is 9.95. The molecule has 0 fully saturated rings. The third kappa shape index (κ3) is 4.11. The van der Waals surface area contributed by atoms with Crippen LogP contribution in [0.3, 0.4) is 0 Å². The molecule has 164 valence electrons. The van der Waals surface area contributed by atoms with Crippen LogP contribution in [-0.4, -0.2) is 16.2 Å².